The largest absolute Gasteiger partial charge is 0.497 e. The van der Waals surface area contributed by atoms with E-state index in [0.717, 1.165) is 5.56 Å². The van der Waals surface area contributed by atoms with Crippen LogP contribution in [0.4, 0.5) is 5.69 Å². The highest BCUT2D eigenvalue weighted by Gasteiger charge is 2.13. The van der Waals surface area contributed by atoms with Crippen molar-refractivity contribution in [2.75, 3.05) is 12.4 Å². The molecule has 6 nitrogen and oxygen atoms in total. The molecular weight excluding hydrogens is 330 g/mol. The molecule has 1 N–H and O–H groups in total. The number of aromatic nitrogens is 2. The van der Waals surface area contributed by atoms with E-state index < -0.39 is 0 Å². The molecule has 0 aliphatic heterocycles. The minimum Gasteiger partial charge on any atom is -0.497 e. The molecule has 26 heavy (non-hydrogen) atoms. The molecule has 3 aromatic rings. The number of hydrogen-bond donors (Lipinski definition) is 1. The molecule has 0 saturated carbocycles. The number of methoxy groups -OCH3 is 1. The molecule has 132 valence electrons. The molecule has 0 radical (unpaired) electrons. The summed E-state index contributed by atoms with van der Waals surface area (Å²) in [5.41, 5.74) is 1.72. The standard InChI is InChI=1S/C20H19N3O3/c1-14-11-19(25)23(20(21-14)15-7-4-3-5-8-15)13-18(24)22-16-9-6-10-17(12-16)26-2/h3-12H,13H2,1-2H3,(H,22,24). The van der Waals surface area contributed by atoms with Crippen LogP contribution in [0, 0.1) is 6.92 Å². The monoisotopic (exact) mass is 349 g/mol. The van der Waals surface area contributed by atoms with E-state index in [1.165, 1.54) is 10.6 Å². The zero-order valence-electron chi connectivity index (χ0n) is 14.6. The van der Waals surface area contributed by atoms with Crippen molar-refractivity contribution >= 4 is 11.6 Å². The minimum atomic E-state index is -0.316. The van der Waals surface area contributed by atoms with Crippen LogP contribution in [0.1, 0.15) is 5.69 Å². The fourth-order valence-corrected chi connectivity index (χ4v) is 2.63. The number of anilines is 1. The van der Waals surface area contributed by atoms with Gasteiger partial charge in [0.05, 0.1) is 7.11 Å². The highest BCUT2D eigenvalue weighted by molar-refractivity contribution is 5.91. The third-order valence-electron chi connectivity index (χ3n) is 3.82. The molecule has 3 rings (SSSR count). The van der Waals surface area contributed by atoms with Gasteiger partial charge in [0, 0.05) is 29.1 Å². The lowest BCUT2D eigenvalue weighted by atomic mass is 10.2. The van der Waals surface area contributed by atoms with Crippen molar-refractivity contribution in [2.45, 2.75) is 13.5 Å². The summed E-state index contributed by atoms with van der Waals surface area (Å²) in [5, 5.41) is 2.78. The average Bonchev–Trinajstić information content (AvgIpc) is 2.64. The van der Waals surface area contributed by atoms with E-state index in [1.54, 1.807) is 38.3 Å². The van der Waals surface area contributed by atoms with Crippen LogP contribution in [0.3, 0.4) is 0 Å². The molecular formula is C20H19N3O3. The number of hydrogen-bond acceptors (Lipinski definition) is 4. The van der Waals surface area contributed by atoms with E-state index in [4.69, 9.17) is 4.74 Å². The van der Waals surface area contributed by atoms with Crippen molar-refractivity contribution in [2.24, 2.45) is 0 Å². The number of rotatable bonds is 5. The predicted molar refractivity (Wildman–Crippen MR) is 100 cm³/mol. The Hall–Kier alpha value is -3.41. The lowest BCUT2D eigenvalue weighted by Gasteiger charge is -2.13. The normalized spacial score (nSPS) is 10.4. The first-order valence-corrected chi connectivity index (χ1v) is 8.14. The number of carbonyl (C=O) groups is 1. The van der Waals surface area contributed by atoms with Gasteiger partial charge in [0.2, 0.25) is 5.91 Å². The molecule has 0 saturated heterocycles. The number of nitrogens with one attached hydrogen (secondary N) is 1. The van der Waals surface area contributed by atoms with Gasteiger partial charge in [0.15, 0.2) is 0 Å². The molecule has 1 amide bonds. The van der Waals surface area contributed by atoms with Crippen LogP contribution in [0.15, 0.2) is 65.5 Å². The molecule has 0 unspecified atom stereocenters. The van der Waals surface area contributed by atoms with E-state index >= 15 is 0 Å². The van der Waals surface area contributed by atoms with Crippen molar-refractivity contribution in [1.29, 1.82) is 0 Å². The Morgan fingerprint density at radius 2 is 1.88 bits per heavy atom. The van der Waals surface area contributed by atoms with Crippen molar-refractivity contribution in [3.63, 3.8) is 0 Å². The summed E-state index contributed by atoms with van der Waals surface area (Å²) in [6.45, 7) is 1.63. The topological polar surface area (TPSA) is 73.2 Å². The Bertz CT molecular complexity index is 981. The number of amides is 1. The second kappa shape index (κ2) is 7.65. The first kappa shape index (κ1) is 17.4. The Balaban J connectivity index is 1.89. The van der Waals surface area contributed by atoms with Gasteiger partial charge in [0.1, 0.15) is 18.1 Å². The quantitative estimate of drug-likeness (QED) is 0.769. The van der Waals surface area contributed by atoms with Crippen LogP contribution in [0.25, 0.3) is 11.4 Å². The summed E-state index contributed by atoms with van der Waals surface area (Å²) < 4.78 is 6.52. The lowest BCUT2D eigenvalue weighted by molar-refractivity contribution is -0.116. The summed E-state index contributed by atoms with van der Waals surface area (Å²) in [4.78, 5) is 29.4. The molecule has 1 heterocycles. The van der Waals surface area contributed by atoms with Crippen molar-refractivity contribution < 1.29 is 9.53 Å². The molecule has 0 spiro atoms. The van der Waals surface area contributed by atoms with Crippen LogP contribution >= 0.6 is 0 Å². The van der Waals surface area contributed by atoms with Gasteiger partial charge in [0.25, 0.3) is 5.56 Å². The number of carbonyl (C=O) groups excluding carboxylic acids is 1. The van der Waals surface area contributed by atoms with Gasteiger partial charge < -0.3 is 10.1 Å². The Morgan fingerprint density at radius 3 is 2.62 bits per heavy atom. The van der Waals surface area contributed by atoms with E-state index in [9.17, 15) is 9.59 Å². The smallest absolute Gasteiger partial charge is 0.254 e. The van der Waals surface area contributed by atoms with Gasteiger partial charge in [-0.15, -0.1) is 0 Å². The summed E-state index contributed by atoms with van der Waals surface area (Å²) in [7, 11) is 1.56. The predicted octanol–water partition coefficient (Wildman–Crippen LogP) is 2.87. The maximum absolute atomic E-state index is 12.5. The van der Waals surface area contributed by atoms with Gasteiger partial charge in [-0.2, -0.15) is 0 Å². The zero-order chi connectivity index (χ0) is 18.5. The fourth-order valence-electron chi connectivity index (χ4n) is 2.63. The number of aryl methyl sites for hydroxylation is 1. The second-order valence-electron chi connectivity index (χ2n) is 5.79. The van der Waals surface area contributed by atoms with E-state index in [1.807, 2.05) is 30.3 Å². The highest BCUT2D eigenvalue weighted by atomic mass is 16.5. The Kier molecular flexibility index (Phi) is 5.12. The van der Waals surface area contributed by atoms with Crippen LogP contribution < -0.4 is 15.6 Å². The summed E-state index contributed by atoms with van der Waals surface area (Å²) in [6, 6.07) is 17.8. The third kappa shape index (κ3) is 3.97. The first-order chi connectivity index (χ1) is 12.6. The molecule has 0 bridgehead atoms. The molecule has 6 heteroatoms. The molecule has 0 aliphatic carbocycles. The van der Waals surface area contributed by atoms with E-state index in [2.05, 4.69) is 10.3 Å². The average molecular weight is 349 g/mol. The van der Waals surface area contributed by atoms with Crippen molar-refractivity contribution in [1.82, 2.24) is 9.55 Å². The van der Waals surface area contributed by atoms with Gasteiger partial charge in [-0.25, -0.2) is 4.98 Å². The summed E-state index contributed by atoms with van der Waals surface area (Å²) in [6.07, 6.45) is 0. The maximum atomic E-state index is 12.5. The number of benzene rings is 2. The Labute approximate surface area is 151 Å². The van der Waals surface area contributed by atoms with Crippen molar-refractivity contribution in [3.05, 3.63) is 76.7 Å². The van der Waals surface area contributed by atoms with E-state index in [-0.39, 0.29) is 18.0 Å². The SMILES string of the molecule is COc1cccc(NC(=O)Cn2c(-c3ccccc3)nc(C)cc2=O)c1. The molecule has 1 aromatic heterocycles. The maximum Gasteiger partial charge on any atom is 0.254 e. The van der Waals surface area contributed by atoms with Gasteiger partial charge in [-0.3, -0.25) is 14.2 Å². The summed E-state index contributed by atoms with van der Waals surface area (Å²) >= 11 is 0. The molecule has 0 atom stereocenters. The molecule has 0 fully saturated rings. The molecule has 0 aliphatic rings. The summed E-state index contributed by atoms with van der Waals surface area (Å²) in [5.74, 6) is 0.793. The minimum absolute atomic E-state index is 0.131. The fraction of sp³-hybridized carbons (Fsp3) is 0.150. The first-order valence-electron chi connectivity index (χ1n) is 8.14. The van der Waals surface area contributed by atoms with Crippen LogP contribution in [0.2, 0.25) is 0 Å². The Morgan fingerprint density at radius 1 is 1.12 bits per heavy atom. The van der Waals surface area contributed by atoms with Crippen LogP contribution in [-0.4, -0.2) is 22.6 Å². The highest BCUT2D eigenvalue weighted by Crippen LogP contribution is 2.18. The van der Waals surface area contributed by atoms with Gasteiger partial charge in [-0.1, -0.05) is 36.4 Å². The third-order valence-corrected chi connectivity index (χ3v) is 3.82. The van der Waals surface area contributed by atoms with Crippen LogP contribution in [0.5, 0.6) is 5.75 Å². The van der Waals surface area contributed by atoms with E-state index in [0.29, 0.717) is 23.0 Å². The van der Waals surface area contributed by atoms with Gasteiger partial charge in [-0.05, 0) is 19.1 Å². The molecule has 2 aromatic carbocycles. The van der Waals surface area contributed by atoms with Gasteiger partial charge >= 0.3 is 0 Å². The van der Waals surface area contributed by atoms with Crippen LogP contribution in [-0.2, 0) is 11.3 Å². The second-order valence-corrected chi connectivity index (χ2v) is 5.79. The number of ether oxygens (including phenoxy) is 1. The number of nitrogens with zero attached hydrogens (tertiary/aromatic N) is 2. The zero-order valence-corrected chi connectivity index (χ0v) is 14.6. The van der Waals surface area contributed by atoms with Crippen molar-refractivity contribution in [3.8, 4) is 17.1 Å². The lowest BCUT2D eigenvalue weighted by Crippen LogP contribution is -2.29.